The van der Waals surface area contributed by atoms with Crippen LogP contribution in [0.3, 0.4) is 0 Å². The van der Waals surface area contributed by atoms with Crippen molar-refractivity contribution in [2.45, 2.75) is 50.9 Å². The highest BCUT2D eigenvalue weighted by Gasteiger charge is 2.25. The molecule has 1 aliphatic carbocycles. The Morgan fingerprint density at radius 1 is 1.05 bits per heavy atom. The minimum absolute atomic E-state index is 0.0360. The number of aromatic amines is 1. The van der Waals surface area contributed by atoms with Crippen LogP contribution in [-0.2, 0) is 7.05 Å². The fourth-order valence-electron chi connectivity index (χ4n) is 3.91. The number of fused-ring (bicyclic) bond motifs is 1. The van der Waals surface area contributed by atoms with Gasteiger partial charge in [0.15, 0.2) is 5.52 Å². The molecule has 1 saturated carbocycles. The molecule has 1 N–H and O–H groups in total. The number of H-pyrrole nitrogens is 1. The fraction of sp³-hybridized carbons (Fsp3) is 0.688. The number of rotatable bonds is 2. The normalized spacial score (nSPS) is 20.1. The van der Waals surface area contributed by atoms with E-state index < -0.39 is 0 Å². The van der Waals surface area contributed by atoms with Gasteiger partial charge < -0.3 is 4.90 Å². The van der Waals surface area contributed by atoms with E-state index in [2.05, 4.69) is 15.1 Å². The van der Waals surface area contributed by atoms with Crippen LogP contribution in [0.5, 0.6) is 0 Å². The molecule has 0 spiro atoms. The molecule has 3 heterocycles. The fourth-order valence-corrected chi connectivity index (χ4v) is 3.91. The summed E-state index contributed by atoms with van der Waals surface area (Å²) in [6.07, 6.45) is 8.49. The predicted molar refractivity (Wildman–Crippen MR) is 86.4 cm³/mol. The summed E-state index contributed by atoms with van der Waals surface area (Å²) < 4.78 is 1.66. The monoisotopic (exact) mass is 301 g/mol. The molecule has 6 heteroatoms. The Bertz CT molecular complexity index is 735. The van der Waals surface area contributed by atoms with Crippen molar-refractivity contribution >= 4 is 17.0 Å². The van der Waals surface area contributed by atoms with Crippen molar-refractivity contribution in [3.05, 3.63) is 16.0 Å². The molecule has 4 rings (SSSR count). The molecule has 2 aromatic rings. The second-order valence-electron chi connectivity index (χ2n) is 6.64. The molecule has 1 aliphatic heterocycles. The van der Waals surface area contributed by atoms with Crippen molar-refractivity contribution in [2.75, 3.05) is 18.0 Å². The molecule has 2 aliphatic rings. The van der Waals surface area contributed by atoms with Gasteiger partial charge in [0.05, 0.1) is 5.69 Å². The molecule has 0 radical (unpaired) electrons. The van der Waals surface area contributed by atoms with E-state index in [9.17, 15) is 4.79 Å². The van der Waals surface area contributed by atoms with Gasteiger partial charge in [0, 0.05) is 26.1 Å². The lowest BCUT2D eigenvalue weighted by Crippen LogP contribution is -2.35. The first-order valence-corrected chi connectivity index (χ1v) is 8.45. The topological polar surface area (TPSA) is 66.8 Å². The second-order valence-corrected chi connectivity index (χ2v) is 6.64. The summed E-state index contributed by atoms with van der Waals surface area (Å²) in [4.78, 5) is 19.7. The van der Waals surface area contributed by atoms with Crippen molar-refractivity contribution in [3.63, 3.8) is 0 Å². The third kappa shape index (κ3) is 2.12. The third-order valence-corrected chi connectivity index (χ3v) is 5.19. The van der Waals surface area contributed by atoms with Crippen LogP contribution in [0.2, 0.25) is 0 Å². The van der Waals surface area contributed by atoms with E-state index in [-0.39, 0.29) is 5.56 Å². The minimum atomic E-state index is -0.0360. The maximum atomic E-state index is 12.6. The Morgan fingerprint density at radius 2 is 1.77 bits per heavy atom. The molecule has 2 aromatic heterocycles. The van der Waals surface area contributed by atoms with Crippen LogP contribution < -0.4 is 10.5 Å². The van der Waals surface area contributed by atoms with Gasteiger partial charge in [0.2, 0.25) is 5.95 Å². The summed E-state index contributed by atoms with van der Waals surface area (Å²) in [6.45, 7) is 1.98. The Morgan fingerprint density at radius 3 is 2.50 bits per heavy atom. The smallest absolute Gasteiger partial charge is 0.283 e. The molecule has 2 fully saturated rings. The lowest BCUT2D eigenvalue weighted by atomic mass is 10.0. The first-order valence-electron chi connectivity index (χ1n) is 8.45. The highest BCUT2D eigenvalue weighted by atomic mass is 16.1. The van der Waals surface area contributed by atoms with Crippen LogP contribution in [-0.4, -0.2) is 32.8 Å². The number of anilines is 1. The molecule has 0 atom stereocenters. The SMILES string of the molecule is Cn1c(N2CCCCC2)nc2c(C3CCCC3)[nH]nc2c1=O. The van der Waals surface area contributed by atoms with Gasteiger partial charge in [-0.2, -0.15) is 5.10 Å². The summed E-state index contributed by atoms with van der Waals surface area (Å²) in [6, 6.07) is 0. The zero-order chi connectivity index (χ0) is 15.1. The number of aromatic nitrogens is 4. The molecular weight excluding hydrogens is 278 g/mol. The maximum absolute atomic E-state index is 12.6. The highest BCUT2D eigenvalue weighted by Crippen LogP contribution is 2.35. The van der Waals surface area contributed by atoms with Gasteiger partial charge in [0.25, 0.3) is 5.56 Å². The molecule has 1 saturated heterocycles. The van der Waals surface area contributed by atoms with Gasteiger partial charge in [-0.3, -0.25) is 14.5 Å². The highest BCUT2D eigenvalue weighted by molar-refractivity contribution is 5.78. The number of hydrogen-bond donors (Lipinski definition) is 1. The summed E-state index contributed by atoms with van der Waals surface area (Å²) in [5.41, 5.74) is 2.33. The van der Waals surface area contributed by atoms with Crippen molar-refractivity contribution in [1.29, 1.82) is 0 Å². The molecule has 0 bridgehead atoms. The van der Waals surface area contributed by atoms with Crippen LogP contribution in [0.15, 0.2) is 4.79 Å². The maximum Gasteiger partial charge on any atom is 0.283 e. The molecule has 0 amide bonds. The van der Waals surface area contributed by atoms with Crippen molar-refractivity contribution in [1.82, 2.24) is 19.7 Å². The van der Waals surface area contributed by atoms with Crippen LogP contribution in [0.25, 0.3) is 11.0 Å². The van der Waals surface area contributed by atoms with E-state index in [0.29, 0.717) is 11.4 Å². The third-order valence-electron chi connectivity index (χ3n) is 5.19. The van der Waals surface area contributed by atoms with Gasteiger partial charge in [-0.15, -0.1) is 0 Å². The van der Waals surface area contributed by atoms with E-state index in [4.69, 9.17) is 4.98 Å². The van der Waals surface area contributed by atoms with Gasteiger partial charge >= 0.3 is 0 Å². The average Bonchev–Trinajstić information content (AvgIpc) is 3.20. The van der Waals surface area contributed by atoms with Crippen molar-refractivity contribution in [2.24, 2.45) is 7.05 Å². The Balaban J connectivity index is 1.84. The van der Waals surface area contributed by atoms with Crippen molar-refractivity contribution < 1.29 is 0 Å². The standard InChI is InChI=1S/C16H23N5O/c1-20-15(22)14-13(12(18-19-14)11-7-3-4-8-11)17-16(20)21-9-5-2-6-10-21/h11H,2-10H2,1H3,(H,18,19). The summed E-state index contributed by atoms with van der Waals surface area (Å²) in [7, 11) is 1.81. The van der Waals surface area contributed by atoms with Gasteiger partial charge in [-0.25, -0.2) is 4.98 Å². The largest absolute Gasteiger partial charge is 0.342 e. The Labute approximate surface area is 129 Å². The van der Waals surface area contributed by atoms with Crippen LogP contribution >= 0.6 is 0 Å². The lowest BCUT2D eigenvalue weighted by molar-refractivity contribution is 0.558. The molecule has 6 nitrogen and oxygen atoms in total. The molecular formula is C16H23N5O. The average molecular weight is 301 g/mol. The summed E-state index contributed by atoms with van der Waals surface area (Å²) in [5.74, 6) is 1.29. The van der Waals surface area contributed by atoms with Gasteiger partial charge in [-0.05, 0) is 32.1 Å². The number of piperidine rings is 1. The first kappa shape index (κ1) is 13.8. The van der Waals surface area contributed by atoms with E-state index >= 15 is 0 Å². The molecule has 118 valence electrons. The molecule has 0 aromatic carbocycles. The molecule has 22 heavy (non-hydrogen) atoms. The van der Waals surface area contributed by atoms with E-state index in [0.717, 1.165) is 30.2 Å². The Hall–Kier alpha value is -1.85. The number of hydrogen-bond acceptors (Lipinski definition) is 4. The predicted octanol–water partition coefficient (Wildman–Crippen LogP) is 2.30. The lowest BCUT2D eigenvalue weighted by Gasteiger charge is -2.28. The van der Waals surface area contributed by atoms with Gasteiger partial charge in [0.1, 0.15) is 5.52 Å². The first-order chi connectivity index (χ1) is 10.8. The zero-order valence-electron chi connectivity index (χ0n) is 13.1. The van der Waals surface area contributed by atoms with Crippen molar-refractivity contribution in [3.8, 4) is 0 Å². The van der Waals surface area contributed by atoms with Gasteiger partial charge in [-0.1, -0.05) is 12.8 Å². The van der Waals surface area contributed by atoms with E-state index in [1.165, 1.54) is 44.9 Å². The van der Waals surface area contributed by atoms with E-state index in [1.807, 2.05) is 7.05 Å². The second kappa shape index (κ2) is 5.41. The summed E-state index contributed by atoms with van der Waals surface area (Å²) in [5, 5.41) is 7.38. The summed E-state index contributed by atoms with van der Waals surface area (Å²) >= 11 is 0. The van der Waals surface area contributed by atoms with E-state index in [1.54, 1.807) is 4.57 Å². The number of nitrogens with one attached hydrogen (secondary N) is 1. The minimum Gasteiger partial charge on any atom is -0.342 e. The zero-order valence-corrected chi connectivity index (χ0v) is 13.1. The quantitative estimate of drug-likeness (QED) is 0.924. The van der Waals surface area contributed by atoms with Crippen LogP contribution in [0.4, 0.5) is 5.95 Å². The van der Waals surface area contributed by atoms with Crippen LogP contribution in [0.1, 0.15) is 56.6 Å². The Kier molecular flexibility index (Phi) is 3.39. The molecule has 0 unspecified atom stereocenters. The number of nitrogens with zero attached hydrogens (tertiary/aromatic N) is 4. The van der Waals surface area contributed by atoms with Crippen LogP contribution in [0, 0.1) is 0 Å².